The first kappa shape index (κ1) is 16.5. The first-order valence-electron chi connectivity index (χ1n) is 5.01. The molecular formula is C11H16ClIN2O2. The summed E-state index contributed by atoms with van der Waals surface area (Å²) in [4.78, 5) is 11.7. The molecule has 0 atom stereocenters. The number of rotatable bonds is 5. The highest BCUT2D eigenvalue weighted by atomic mass is 127. The van der Waals surface area contributed by atoms with Gasteiger partial charge in [0.2, 0.25) is 0 Å². The molecule has 0 aromatic heterocycles. The van der Waals surface area contributed by atoms with E-state index < -0.39 is 0 Å². The molecule has 0 aliphatic carbocycles. The lowest BCUT2D eigenvalue weighted by Gasteiger charge is -2.07. The fourth-order valence-corrected chi connectivity index (χ4v) is 1.94. The second kappa shape index (κ2) is 8.54. The summed E-state index contributed by atoms with van der Waals surface area (Å²) in [6, 6.07) is 5.37. The maximum Gasteiger partial charge on any atom is 0.252 e. The fraction of sp³-hybridized carbons (Fsp3) is 0.364. The minimum absolute atomic E-state index is 0. The molecule has 0 bridgehead atoms. The first-order chi connectivity index (χ1) is 7.69. The van der Waals surface area contributed by atoms with Crippen LogP contribution >= 0.6 is 35.0 Å². The molecule has 0 heterocycles. The molecule has 0 saturated heterocycles. The second-order valence-electron chi connectivity index (χ2n) is 3.24. The van der Waals surface area contributed by atoms with Crippen LogP contribution in [-0.2, 0) is 0 Å². The molecule has 0 saturated carbocycles. The molecule has 0 unspecified atom stereocenters. The molecule has 17 heavy (non-hydrogen) atoms. The van der Waals surface area contributed by atoms with E-state index in [2.05, 4.69) is 27.9 Å². The Kier molecular flexibility index (Phi) is 8.28. The van der Waals surface area contributed by atoms with E-state index in [1.54, 1.807) is 19.2 Å². The van der Waals surface area contributed by atoms with Crippen LogP contribution in [0.15, 0.2) is 18.2 Å². The summed E-state index contributed by atoms with van der Waals surface area (Å²) in [5.41, 5.74) is 6.02. The molecule has 3 N–H and O–H groups in total. The van der Waals surface area contributed by atoms with E-state index >= 15 is 0 Å². The van der Waals surface area contributed by atoms with Gasteiger partial charge in [-0.1, -0.05) is 0 Å². The Balaban J connectivity index is 0.00000256. The van der Waals surface area contributed by atoms with E-state index in [1.807, 2.05) is 6.07 Å². The highest BCUT2D eigenvalue weighted by molar-refractivity contribution is 14.1. The van der Waals surface area contributed by atoms with Gasteiger partial charge in [-0.05, 0) is 53.8 Å². The van der Waals surface area contributed by atoms with Crippen LogP contribution in [-0.4, -0.2) is 26.1 Å². The van der Waals surface area contributed by atoms with Crippen molar-refractivity contribution in [3.05, 3.63) is 27.3 Å². The van der Waals surface area contributed by atoms with Crippen molar-refractivity contribution in [1.82, 2.24) is 5.32 Å². The van der Waals surface area contributed by atoms with Gasteiger partial charge in [0.25, 0.3) is 5.91 Å². The lowest BCUT2D eigenvalue weighted by Crippen LogP contribution is -2.26. The maximum atomic E-state index is 11.7. The van der Waals surface area contributed by atoms with Gasteiger partial charge in [-0.25, -0.2) is 0 Å². The number of carbonyl (C=O) groups is 1. The van der Waals surface area contributed by atoms with Crippen molar-refractivity contribution in [1.29, 1.82) is 0 Å². The quantitative estimate of drug-likeness (QED) is 0.614. The predicted octanol–water partition coefficient (Wildman–Crippen LogP) is 1.80. The van der Waals surface area contributed by atoms with Gasteiger partial charge in [-0.15, -0.1) is 12.4 Å². The van der Waals surface area contributed by atoms with Crippen LogP contribution in [0.25, 0.3) is 0 Å². The molecule has 1 amide bonds. The minimum Gasteiger partial charge on any atom is -0.497 e. The Bertz CT molecular complexity index is 374. The predicted molar refractivity (Wildman–Crippen MR) is 79.0 cm³/mol. The summed E-state index contributed by atoms with van der Waals surface area (Å²) in [6.45, 7) is 1.19. The Morgan fingerprint density at radius 3 is 2.76 bits per heavy atom. The highest BCUT2D eigenvalue weighted by Gasteiger charge is 2.09. The van der Waals surface area contributed by atoms with Gasteiger partial charge in [-0.3, -0.25) is 4.79 Å². The zero-order valence-corrected chi connectivity index (χ0v) is 12.5. The topological polar surface area (TPSA) is 64.3 Å². The number of halogens is 2. The number of nitrogens with one attached hydrogen (secondary N) is 1. The number of benzene rings is 1. The average Bonchev–Trinajstić information content (AvgIpc) is 2.29. The molecule has 0 aliphatic rings. The van der Waals surface area contributed by atoms with E-state index in [0.717, 1.165) is 15.7 Å². The van der Waals surface area contributed by atoms with Crippen molar-refractivity contribution < 1.29 is 9.53 Å². The largest absolute Gasteiger partial charge is 0.497 e. The number of nitrogens with two attached hydrogens (primary N) is 1. The maximum absolute atomic E-state index is 11.7. The molecule has 4 nitrogen and oxygen atoms in total. The van der Waals surface area contributed by atoms with Crippen molar-refractivity contribution in [2.45, 2.75) is 6.42 Å². The van der Waals surface area contributed by atoms with E-state index in [-0.39, 0.29) is 18.3 Å². The Labute approximate surface area is 121 Å². The van der Waals surface area contributed by atoms with Crippen molar-refractivity contribution >= 4 is 40.9 Å². The summed E-state index contributed by atoms with van der Waals surface area (Å²) in [6.07, 6.45) is 0.790. The molecule has 1 aromatic rings. The molecule has 0 fully saturated rings. The molecule has 0 radical (unpaired) electrons. The zero-order valence-electron chi connectivity index (χ0n) is 9.53. The minimum atomic E-state index is -0.0690. The molecule has 96 valence electrons. The van der Waals surface area contributed by atoms with E-state index in [1.165, 1.54) is 0 Å². The van der Waals surface area contributed by atoms with Gasteiger partial charge in [0, 0.05) is 10.1 Å². The van der Waals surface area contributed by atoms with Gasteiger partial charge in [0.05, 0.1) is 12.7 Å². The lowest BCUT2D eigenvalue weighted by atomic mass is 10.2. The van der Waals surface area contributed by atoms with Gasteiger partial charge >= 0.3 is 0 Å². The van der Waals surface area contributed by atoms with Crippen LogP contribution in [0.5, 0.6) is 5.75 Å². The SMILES string of the molecule is COc1ccc(C(=O)NCCCN)c(I)c1.Cl. The Morgan fingerprint density at radius 1 is 1.53 bits per heavy atom. The zero-order chi connectivity index (χ0) is 12.0. The van der Waals surface area contributed by atoms with Gasteiger partial charge < -0.3 is 15.8 Å². The molecule has 6 heteroatoms. The average molecular weight is 371 g/mol. The van der Waals surface area contributed by atoms with Gasteiger partial charge in [0.15, 0.2) is 0 Å². The van der Waals surface area contributed by atoms with Crippen molar-refractivity contribution in [3.63, 3.8) is 0 Å². The molecule has 0 aliphatic heterocycles. The smallest absolute Gasteiger partial charge is 0.252 e. The normalized spacial score (nSPS) is 9.35. The van der Waals surface area contributed by atoms with Crippen LogP contribution < -0.4 is 15.8 Å². The number of methoxy groups -OCH3 is 1. The summed E-state index contributed by atoms with van der Waals surface area (Å²) in [5.74, 6) is 0.684. The summed E-state index contributed by atoms with van der Waals surface area (Å²) < 4.78 is 5.95. The van der Waals surface area contributed by atoms with E-state index in [9.17, 15) is 4.79 Å². The molecular weight excluding hydrogens is 354 g/mol. The third-order valence-corrected chi connectivity index (χ3v) is 2.98. The van der Waals surface area contributed by atoms with Crippen molar-refractivity contribution in [2.24, 2.45) is 5.73 Å². The number of carbonyl (C=O) groups excluding carboxylic acids is 1. The summed E-state index contributed by atoms with van der Waals surface area (Å²) in [5, 5.41) is 2.81. The summed E-state index contributed by atoms with van der Waals surface area (Å²) >= 11 is 2.12. The molecule has 1 aromatic carbocycles. The Hall–Kier alpha value is -0.530. The van der Waals surface area contributed by atoms with Crippen LogP contribution in [0.1, 0.15) is 16.8 Å². The third-order valence-electron chi connectivity index (χ3n) is 2.09. The Morgan fingerprint density at radius 2 is 2.24 bits per heavy atom. The fourth-order valence-electron chi connectivity index (χ4n) is 1.21. The van der Waals surface area contributed by atoms with Gasteiger partial charge in [-0.2, -0.15) is 0 Å². The van der Waals surface area contributed by atoms with Crippen molar-refractivity contribution in [2.75, 3.05) is 20.2 Å². The van der Waals surface area contributed by atoms with Crippen LogP contribution in [0.3, 0.4) is 0 Å². The summed E-state index contributed by atoms with van der Waals surface area (Å²) in [7, 11) is 1.60. The number of hydrogen-bond acceptors (Lipinski definition) is 3. The molecule has 1 rings (SSSR count). The first-order valence-corrected chi connectivity index (χ1v) is 6.08. The lowest BCUT2D eigenvalue weighted by molar-refractivity contribution is 0.0952. The van der Waals surface area contributed by atoms with Crippen molar-refractivity contribution in [3.8, 4) is 5.75 Å². The standard InChI is InChI=1S/C11H15IN2O2.ClH/c1-16-8-3-4-9(10(12)7-8)11(15)14-6-2-5-13;/h3-4,7H,2,5-6,13H2,1H3,(H,14,15);1H. The van der Waals surface area contributed by atoms with E-state index in [4.69, 9.17) is 10.5 Å². The van der Waals surface area contributed by atoms with Gasteiger partial charge in [0.1, 0.15) is 5.75 Å². The highest BCUT2D eigenvalue weighted by Crippen LogP contribution is 2.19. The monoisotopic (exact) mass is 370 g/mol. The molecule has 0 spiro atoms. The number of amides is 1. The van der Waals surface area contributed by atoms with Crippen LogP contribution in [0, 0.1) is 3.57 Å². The van der Waals surface area contributed by atoms with E-state index in [0.29, 0.717) is 18.7 Å². The number of ether oxygens (including phenoxy) is 1. The van der Waals surface area contributed by atoms with Crippen LogP contribution in [0.4, 0.5) is 0 Å². The number of hydrogen-bond donors (Lipinski definition) is 2. The second-order valence-corrected chi connectivity index (χ2v) is 4.41. The third kappa shape index (κ3) is 5.10. The van der Waals surface area contributed by atoms with Crippen LogP contribution in [0.2, 0.25) is 0 Å².